The van der Waals surface area contributed by atoms with Crippen molar-refractivity contribution in [2.45, 2.75) is 31.8 Å². The van der Waals surface area contributed by atoms with E-state index in [-0.39, 0.29) is 25.0 Å². The first-order valence-corrected chi connectivity index (χ1v) is 5.97. The first-order valence-electron chi connectivity index (χ1n) is 5.97. The molecule has 1 aliphatic rings. The van der Waals surface area contributed by atoms with Crippen LogP contribution >= 0.6 is 0 Å². The van der Waals surface area contributed by atoms with Gasteiger partial charge < -0.3 is 15.5 Å². The standard InChI is InChI=1S/C11H20N2O4/c14-9-3-2-6-13(7-9)8-10(15)12-5-1-4-11(16)17/h9,14H,1-8H2,(H,12,15)(H,16,17)/t9-/m0/s1. The highest BCUT2D eigenvalue weighted by Crippen LogP contribution is 2.08. The van der Waals surface area contributed by atoms with Crippen molar-refractivity contribution in [3.05, 3.63) is 0 Å². The zero-order valence-electron chi connectivity index (χ0n) is 9.89. The normalized spacial score (nSPS) is 21.1. The van der Waals surface area contributed by atoms with Crippen molar-refractivity contribution in [2.24, 2.45) is 0 Å². The summed E-state index contributed by atoms with van der Waals surface area (Å²) in [5.74, 6) is -0.956. The Kier molecular flexibility index (Phi) is 5.93. The van der Waals surface area contributed by atoms with Gasteiger partial charge >= 0.3 is 5.97 Å². The number of hydrogen-bond donors (Lipinski definition) is 3. The van der Waals surface area contributed by atoms with Crippen LogP contribution in [0.25, 0.3) is 0 Å². The summed E-state index contributed by atoms with van der Waals surface area (Å²) in [5, 5.41) is 20.5. The van der Waals surface area contributed by atoms with Gasteiger partial charge in [-0.1, -0.05) is 0 Å². The number of nitrogens with zero attached hydrogens (tertiary/aromatic N) is 1. The molecule has 1 saturated heterocycles. The number of carbonyl (C=O) groups excluding carboxylic acids is 1. The Hall–Kier alpha value is -1.14. The minimum absolute atomic E-state index is 0.0721. The minimum Gasteiger partial charge on any atom is -0.481 e. The van der Waals surface area contributed by atoms with E-state index in [9.17, 15) is 14.7 Å². The van der Waals surface area contributed by atoms with E-state index in [2.05, 4.69) is 5.32 Å². The molecule has 1 atom stereocenters. The van der Waals surface area contributed by atoms with Gasteiger partial charge in [-0.25, -0.2) is 0 Å². The highest BCUT2D eigenvalue weighted by Gasteiger charge is 2.19. The van der Waals surface area contributed by atoms with Crippen LogP contribution in [0.1, 0.15) is 25.7 Å². The fourth-order valence-corrected chi connectivity index (χ4v) is 1.90. The molecular weight excluding hydrogens is 224 g/mol. The molecule has 0 aliphatic carbocycles. The fourth-order valence-electron chi connectivity index (χ4n) is 1.90. The smallest absolute Gasteiger partial charge is 0.303 e. The van der Waals surface area contributed by atoms with Gasteiger partial charge in [0, 0.05) is 19.5 Å². The second kappa shape index (κ2) is 7.24. The van der Waals surface area contributed by atoms with E-state index >= 15 is 0 Å². The largest absolute Gasteiger partial charge is 0.481 e. The Labute approximate surface area is 101 Å². The van der Waals surface area contributed by atoms with Gasteiger partial charge in [-0.2, -0.15) is 0 Å². The average Bonchev–Trinajstić information content (AvgIpc) is 2.24. The second-order valence-corrected chi connectivity index (χ2v) is 4.38. The lowest BCUT2D eigenvalue weighted by atomic mass is 10.1. The van der Waals surface area contributed by atoms with Crippen molar-refractivity contribution in [1.29, 1.82) is 0 Å². The number of β-amino-alcohol motifs (C(OH)–C–C–N with tert-alkyl or cyclic N) is 1. The minimum atomic E-state index is -0.849. The summed E-state index contributed by atoms with van der Waals surface area (Å²) in [6, 6.07) is 0. The molecule has 3 N–H and O–H groups in total. The Balaban J connectivity index is 2.09. The van der Waals surface area contributed by atoms with Crippen LogP contribution in [0.15, 0.2) is 0 Å². The van der Waals surface area contributed by atoms with Crippen molar-refractivity contribution >= 4 is 11.9 Å². The van der Waals surface area contributed by atoms with Crippen LogP contribution in [0.5, 0.6) is 0 Å². The SMILES string of the molecule is O=C(O)CCCNC(=O)CN1CCC[C@H](O)C1. The Morgan fingerprint density at radius 3 is 2.82 bits per heavy atom. The van der Waals surface area contributed by atoms with Crippen LogP contribution in [0.3, 0.4) is 0 Å². The Morgan fingerprint density at radius 1 is 1.41 bits per heavy atom. The number of carboxylic acid groups (broad SMARTS) is 1. The lowest BCUT2D eigenvalue weighted by Gasteiger charge is -2.29. The molecule has 0 radical (unpaired) electrons. The second-order valence-electron chi connectivity index (χ2n) is 4.38. The van der Waals surface area contributed by atoms with Crippen molar-refractivity contribution in [3.8, 4) is 0 Å². The molecule has 0 aromatic carbocycles. The molecule has 1 rings (SSSR count). The first kappa shape index (κ1) is 13.9. The summed E-state index contributed by atoms with van der Waals surface area (Å²) >= 11 is 0. The van der Waals surface area contributed by atoms with Crippen molar-refractivity contribution < 1.29 is 19.8 Å². The first-order chi connectivity index (χ1) is 8.08. The molecule has 1 fully saturated rings. The van der Waals surface area contributed by atoms with E-state index in [0.717, 1.165) is 19.4 Å². The highest BCUT2D eigenvalue weighted by atomic mass is 16.4. The summed E-state index contributed by atoms with van der Waals surface area (Å²) in [5.41, 5.74) is 0. The topological polar surface area (TPSA) is 89.9 Å². The molecule has 0 aromatic heterocycles. The van der Waals surface area contributed by atoms with Gasteiger partial charge in [0.15, 0.2) is 0 Å². The molecule has 0 saturated carbocycles. The number of nitrogens with one attached hydrogen (secondary N) is 1. The number of piperidine rings is 1. The highest BCUT2D eigenvalue weighted by molar-refractivity contribution is 5.78. The Bertz CT molecular complexity index is 270. The molecule has 1 amide bonds. The van der Waals surface area contributed by atoms with Crippen LogP contribution in [-0.2, 0) is 9.59 Å². The number of aliphatic hydroxyl groups is 1. The van der Waals surface area contributed by atoms with E-state index in [0.29, 0.717) is 19.5 Å². The van der Waals surface area contributed by atoms with E-state index in [1.807, 2.05) is 4.90 Å². The number of aliphatic hydroxyl groups excluding tert-OH is 1. The van der Waals surface area contributed by atoms with Crippen LogP contribution in [0.2, 0.25) is 0 Å². The molecule has 1 aliphatic heterocycles. The molecule has 6 heteroatoms. The quantitative estimate of drug-likeness (QED) is 0.544. The third-order valence-corrected chi connectivity index (χ3v) is 2.74. The Morgan fingerprint density at radius 2 is 2.18 bits per heavy atom. The van der Waals surface area contributed by atoms with E-state index in [1.165, 1.54) is 0 Å². The van der Waals surface area contributed by atoms with Gasteiger partial charge in [0.2, 0.25) is 5.91 Å². The van der Waals surface area contributed by atoms with E-state index in [4.69, 9.17) is 5.11 Å². The predicted molar refractivity (Wildman–Crippen MR) is 61.6 cm³/mol. The zero-order chi connectivity index (χ0) is 12.7. The van der Waals surface area contributed by atoms with Crippen molar-refractivity contribution in [1.82, 2.24) is 10.2 Å². The van der Waals surface area contributed by atoms with E-state index < -0.39 is 5.97 Å². The van der Waals surface area contributed by atoms with Gasteiger partial charge in [0.1, 0.15) is 0 Å². The lowest BCUT2D eigenvalue weighted by Crippen LogP contribution is -2.44. The number of carbonyl (C=O) groups is 2. The molecule has 0 aromatic rings. The third-order valence-electron chi connectivity index (χ3n) is 2.74. The summed E-state index contributed by atoms with van der Waals surface area (Å²) in [6.07, 6.45) is 1.90. The molecule has 1 heterocycles. The average molecular weight is 244 g/mol. The predicted octanol–water partition coefficient (Wildman–Crippen LogP) is -0.576. The molecular formula is C11H20N2O4. The van der Waals surface area contributed by atoms with Crippen LogP contribution in [0.4, 0.5) is 0 Å². The van der Waals surface area contributed by atoms with Gasteiger partial charge in [0.25, 0.3) is 0 Å². The monoisotopic (exact) mass is 244 g/mol. The third kappa shape index (κ3) is 6.23. The van der Waals surface area contributed by atoms with E-state index in [1.54, 1.807) is 0 Å². The maximum Gasteiger partial charge on any atom is 0.303 e. The van der Waals surface area contributed by atoms with Gasteiger partial charge in [0.05, 0.1) is 12.6 Å². The molecule has 6 nitrogen and oxygen atoms in total. The fraction of sp³-hybridized carbons (Fsp3) is 0.818. The number of hydrogen-bond acceptors (Lipinski definition) is 4. The summed E-state index contributed by atoms with van der Waals surface area (Å²) in [6.45, 7) is 2.05. The van der Waals surface area contributed by atoms with Crippen molar-refractivity contribution in [3.63, 3.8) is 0 Å². The summed E-state index contributed by atoms with van der Waals surface area (Å²) in [7, 11) is 0. The lowest BCUT2D eigenvalue weighted by molar-refractivity contribution is -0.137. The number of likely N-dealkylation sites (tertiary alicyclic amines) is 1. The van der Waals surface area contributed by atoms with Crippen LogP contribution in [-0.4, -0.2) is 59.3 Å². The van der Waals surface area contributed by atoms with Crippen molar-refractivity contribution in [2.75, 3.05) is 26.2 Å². The molecule has 0 spiro atoms. The molecule has 98 valence electrons. The van der Waals surface area contributed by atoms with Gasteiger partial charge in [-0.05, 0) is 25.8 Å². The van der Waals surface area contributed by atoms with Gasteiger partial charge in [-0.15, -0.1) is 0 Å². The molecule has 17 heavy (non-hydrogen) atoms. The van der Waals surface area contributed by atoms with Gasteiger partial charge in [-0.3, -0.25) is 14.5 Å². The summed E-state index contributed by atoms with van der Waals surface area (Å²) in [4.78, 5) is 23.6. The maximum absolute atomic E-state index is 11.5. The molecule has 0 unspecified atom stereocenters. The maximum atomic E-state index is 11.5. The molecule has 0 bridgehead atoms. The van der Waals surface area contributed by atoms with Crippen LogP contribution in [0, 0.1) is 0 Å². The number of amides is 1. The number of rotatable bonds is 6. The van der Waals surface area contributed by atoms with Crippen LogP contribution < -0.4 is 5.32 Å². The zero-order valence-corrected chi connectivity index (χ0v) is 9.89. The summed E-state index contributed by atoms with van der Waals surface area (Å²) < 4.78 is 0. The number of aliphatic carboxylic acids is 1. The number of carboxylic acids is 1.